The van der Waals surface area contributed by atoms with Gasteiger partial charge in [0.25, 0.3) is 0 Å². The van der Waals surface area contributed by atoms with Gasteiger partial charge in [0.15, 0.2) is 0 Å². The summed E-state index contributed by atoms with van der Waals surface area (Å²) in [5, 5.41) is 0. The van der Waals surface area contributed by atoms with Crippen LogP contribution in [0.1, 0.15) is 50.9 Å². The van der Waals surface area contributed by atoms with E-state index in [9.17, 15) is 0 Å². The fourth-order valence-electron chi connectivity index (χ4n) is 3.29. The molecule has 2 aromatic carbocycles. The van der Waals surface area contributed by atoms with E-state index in [1.807, 2.05) is 62.6 Å². The molecular formula is C28H34N6. The number of anilines is 4. The summed E-state index contributed by atoms with van der Waals surface area (Å²) in [6.45, 7) is 8.53. The molecule has 2 heterocycles. The number of hydrogen-bond acceptors (Lipinski definition) is 6. The highest BCUT2D eigenvalue weighted by Gasteiger charge is 2.09. The van der Waals surface area contributed by atoms with Crippen molar-refractivity contribution >= 4 is 23.0 Å². The third-order valence-corrected chi connectivity index (χ3v) is 5.50. The largest absolute Gasteiger partial charge is 0.329 e. The monoisotopic (exact) mass is 454 g/mol. The normalized spacial score (nSPS) is 10.6. The maximum absolute atomic E-state index is 4.31. The molecule has 0 saturated heterocycles. The van der Waals surface area contributed by atoms with E-state index < -0.39 is 0 Å². The van der Waals surface area contributed by atoms with Gasteiger partial charge in [0, 0.05) is 49.0 Å². The lowest BCUT2D eigenvalue weighted by atomic mass is 10.1. The predicted octanol–water partition coefficient (Wildman–Crippen LogP) is 6.74. The summed E-state index contributed by atoms with van der Waals surface area (Å²) < 4.78 is 0. The molecule has 34 heavy (non-hydrogen) atoms. The average Bonchev–Trinajstić information content (AvgIpc) is 2.89. The van der Waals surface area contributed by atoms with E-state index >= 15 is 0 Å². The highest BCUT2D eigenvalue weighted by molar-refractivity contribution is 5.59. The van der Waals surface area contributed by atoms with Gasteiger partial charge in [-0.15, -0.1) is 0 Å². The van der Waals surface area contributed by atoms with Crippen LogP contribution in [-0.2, 0) is 0 Å². The lowest BCUT2D eigenvalue weighted by molar-refractivity contribution is 0.812. The molecule has 0 aliphatic carbocycles. The van der Waals surface area contributed by atoms with Gasteiger partial charge >= 0.3 is 0 Å². The summed E-state index contributed by atoms with van der Waals surface area (Å²) in [7, 11) is 4.03. The van der Waals surface area contributed by atoms with Gasteiger partial charge in [0.2, 0.25) is 0 Å². The van der Waals surface area contributed by atoms with E-state index in [1.165, 1.54) is 0 Å². The Balaban J connectivity index is 0.000000191. The molecule has 0 N–H and O–H groups in total. The van der Waals surface area contributed by atoms with E-state index in [1.54, 1.807) is 12.7 Å². The van der Waals surface area contributed by atoms with Crippen molar-refractivity contribution in [3.63, 3.8) is 0 Å². The lowest BCUT2D eigenvalue weighted by Gasteiger charge is -2.18. The number of hydrogen-bond donors (Lipinski definition) is 0. The van der Waals surface area contributed by atoms with Crippen LogP contribution in [0.15, 0.2) is 85.5 Å². The Labute approximate surface area is 203 Å². The highest BCUT2D eigenvalue weighted by Crippen LogP contribution is 2.24. The molecule has 4 aromatic rings. The molecule has 0 aliphatic rings. The highest BCUT2D eigenvalue weighted by atomic mass is 15.2. The van der Waals surface area contributed by atoms with Gasteiger partial charge in [-0.25, -0.2) is 19.9 Å². The number of para-hydroxylation sites is 2. The van der Waals surface area contributed by atoms with Crippen molar-refractivity contribution < 1.29 is 0 Å². The van der Waals surface area contributed by atoms with Gasteiger partial charge in [0.05, 0.1) is 0 Å². The number of benzene rings is 2. The van der Waals surface area contributed by atoms with E-state index in [2.05, 4.69) is 81.7 Å². The zero-order chi connectivity index (χ0) is 24.5. The number of nitrogens with zero attached hydrogens (tertiary/aromatic N) is 6. The topological polar surface area (TPSA) is 58.0 Å². The van der Waals surface area contributed by atoms with Crippen molar-refractivity contribution in [2.75, 3.05) is 23.9 Å². The smallest absolute Gasteiger partial charge is 0.136 e. The summed E-state index contributed by atoms with van der Waals surface area (Å²) in [6, 6.07) is 24.5. The molecule has 6 heteroatoms. The molecule has 2 aromatic heterocycles. The standard InChI is InChI=1S/2C14H17N3/c2*1-11(2)13-9-14(16-10-15-13)17(3)12-7-5-4-6-8-12/h2*4-11H,1-3H3. The summed E-state index contributed by atoms with van der Waals surface area (Å²) in [6.07, 6.45) is 3.26. The molecule has 0 radical (unpaired) electrons. The molecule has 0 aliphatic heterocycles. The molecule has 0 fully saturated rings. The molecule has 0 unspecified atom stereocenters. The molecule has 4 rings (SSSR count). The van der Waals surface area contributed by atoms with Gasteiger partial charge in [0.1, 0.15) is 24.3 Å². The Kier molecular flexibility index (Phi) is 8.68. The summed E-state index contributed by atoms with van der Waals surface area (Å²) in [5.41, 5.74) is 4.39. The first-order valence-electron chi connectivity index (χ1n) is 11.6. The minimum Gasteiger partial charge on any atom is -0.329 e. The van der Waals surface area contributed by atoms with Gasteiger partial charge in [-0.05, 0) is 36.1 Å². The predicted molar refractivity (Wildman–Crippen MR) is 141 cm³/mol. The Morgan fingerprint density at radius 1 is 0.529 bits per heavy atom. The van der Waals surface area contributed by atoms with Crippen molar-refractivity contribution in [2.45, 2.75) is 39.5 Å². The maximum atomic E-state index is 4.31. The minimum atomic E-state index is 0.418. The van der Waals surface area contributed by atoms with E-state index in [0.29, 0.717) is 11.8 Å². The van der Waals surface area contributed by atoms with Crippen LogP contribution in [0.2, 0.25) is 0 Å². The van der Waals surface area contributed by atoms with Crippen molar-refractivity contribution in [3.05, 3.63) is 96.8 Å². The molecule has 176 valence electrons. The van der Waals surface area contributed by atoms with Gasteiger partial charge in [-0.1, -0.05) is 64.1 Å². The molecule has 0 spiro atoms. The lowest BCUT2D eigenvalue weighted by Crippen LogP contribution is -2.12. The van der Waals surface area contributed by atoms with Crippen LogP contribution in [0.4, 0.5) is 23.0 Å². The number of aromatic nitrogens is 4. The molecule has 0 saturated carbocycles. The van der Waals surface area contributed by atoms with Crippen LogP contribution in [0.5, 0.6) is 0 Å². The third kappa shape index (κ3) is 6.61. The summed E-state index contributed by atoms with van der Waals surface area (Å²) in [4.78, 5) is 21.3. The van der Waals surface area contributed by atoms with Crippen molar-refractivity contribution in [2.24, 2.45) is 0 Å². The first kappa shape index (κ1) is 24.8. The average molecular weight is 455 g/mol. The van der Waals surface area contributed by atoms with Crippen LogP contribution in [0.25, 0.3) is 0 Å². The van der Waals surface area contributed by atoms with E-state index in [0.717, 1.165) is 34.4 Å². The molecule has 0 atom stereocenters. The fourth-order valence-corrected chi connectivity index (χ4v) is 3.29. The molecule has 0 bridgehead atoms. The zero-order valence-corrected chi connectivity index (χ0v) is 20.9. The quantitative estimate of drug-likeness (QED) is 0.322. The second-order valence-corrected chi connectivity index (χ2v) is 8.70. The second kappa shape index (κ2) is 11.9. The van der Waals surface area contributed by atoms with Crippen molar-refractivity contribution in [1.29, 1.82) is 0 Å². The molecule has 0 amide bonds. The van der Waals surface area contributed by atoms with Crippen LogP contribution in [-0.4, -0.2) is 34.0 Å². The van der Waals surface area contributed by atoms with E-state index in [4.69, 9.17) is 0 Å². The van der Waals surface area contributed by atoms with E-state index in [-0.39, 0.29) is 0 Å². The first-order valence-corrected chi connectivity index (χ1v) is 11.6. The Hall–Kier alpha value is -3.80. The Bertz CT molecular complexity index is 1050. The van der Waals surface area contributed by atoms with Gasteiger partial charge < -0.3 is 9.80 Å². The van der Waals surface area contributed by atoms with Crippen molar-refractivity contribution in [1.82, 2.24) is 19.9 Å². The number of rotatable bonds is 6. The van der Waals surface area contributed by atoms with Gasteiger partial charge in [-0.3, -0.25) is 0 Å². The molecule has 6 nitrogen and oxygen atoms in total. The molecular weight excluding hydrogens is 420 g/mol. The van der Waals surface area contributed by atoms with Crippen LogP contribution < -0.4 is 9.80 Å². The fraction of sp³-hybridized carbons (Fsp3) is 0.286. The first-order chi connectivity index (χ1) is 16.4. The van der Waals surface area contributed by atoms with Crippen LogP contribution >= 0.6 is 0 Å². The second-order valence-electron chi connectivity index (χ2n) is 8.70. The summed E-state index contributed by atoms with van der Waals surface area (Å²) in [5.74, 6) is 2.69. The van der Waals surface area contributed by atoms with Gasteiger partial charge in [-0.2, -0.15) is 0 Å². The Morgan fingerprint density at radius 3 is 1.21 bits per heavy atom. The van der Waals surface area contributed by atoms with Crippen molar-refractivity contribution in [3.8, 4) is 0 Å². The van der Waals surface area contributed by atoms with Crippen LogP contribution in [0, 0.1) is 0 Å². The minimum absolute atomic E-state index is 0.418. The Morgan fingerprint density at radius 2 is 0.882 bits per heavy atom. The maximum Gasteiger partial charge on any atom is 0.136 e. The third-order valence-electron chi connectivity index (χ3n) is 5.50. The summed E-state index contributed by atoms with van der Waals surface area (Å²) >= 11 is 0. The van der Waals surface area contributed by atoms with Crippen LogP contribution in [0.3, 0.4) is 0 Å². The SMILES string of the molecule is CC(C)c1cc(N(C)c2ccccc2)ncn1.CC(C)c1cc(N(C)c2ccccc2)ncn1. The zero-order valence-electron chi connectivity index (χ0n) is 20.9.